The molecule has 2 aromatic rings. The summed E-state index contributed by atoms with van der Waals surface area (Å²) in [6.45, 7) is 4.60. The molecule has 0 saturated heterocycles. The Labute approximate surface area is 155 Å². The predicted molar refractivity (Wildman–Crippen MR) is 98.5 cm³/mol. The molecule has 0 aromatic heterocycles. The van der Waals surface area contributed by atoms with Crippen LogP contribution in [0, 0.1) is 20.2 Å². The van der Waals surface area contributed by atoms with Crippen LogP contribution < -0.4 is 14.8 Å². The maximum atomic E-state index is 11.3. The lowest BCUT2D eigenvalue weighted by Crippen LogP contribution is -2.06. The van der Waals surface area contributed by atoms with Crippen molar-refractivity contribution in [2.75, 3.05) is 11.9 Å². The molecule has 0 bridgehead atoms. The minimum Gasteiger partial charge on any atom is -0.494 e. The minimum absolute atomic E-state index is 0.0912. The van der Waals surface area contributed by atoms with E-state index in [4.69, 9.17) is 9.47 Å². The van der Waals surface area contributed by atoms with Crippen molar-refractivity contribution >= 4 is 17.1 Å². The first kappa shape index (κ1) is 18.4. The highest BCUT2D eigenvalue weighted by Gasteiger charge is 2.23. The molecular formula is C18H19N3O6. The Morgan fingerprint density at radius 3 is 2.67 bits per heavy atom. The second-order valence-corrected chi connectivity index (χ2v) is 6.20. The zero-order chi connectivity index (χ0) is 19.6. The summed E-state index contributed by atoms with van der Waals surface area (Å²) in [6.07, 6.45) is 0.894. The monoisotopic (exact) mass is 373 g/mol. The summed E-state index contributed by atoms with van der Waals surface area (Å²) in [7, 11) is 0. The molecule has 0 spiro atoms. The number of ether oxygens (including phenoxy) is 2. The van der Waals surface area contributed by atoms with Crippen LogP contribution in [0.5, 0.6) is 11.5 Å². The van der Waals surface area contributed by atoms with Crippen molar-refractivity contribution in [1.82, 2.24) is 0 Å². The Hall–Kier alpha value is -3.36. The molecule has 2 aromatic carbocycles. The molecule has 9 heteroatoms. The number of nitrogens with zero attached hydrogens (tertiary/aromatic N) is 2. The van der Waals surface area contributed by atoms with Crippen molar-refractivity contribution in [2.45, 2.75) is 32.9 Å². The first-order valence-corrected chi connectivity index (χ1v) is 8.51. The molecule has 0 aliphatic carbocycles. The largest absolute Gasteiger partial charge is 0.494 e. The van der Waals surface area contributed by atoms with E-state index in [0.29, 0.717) is 12.4 Å². The van der Waals surface area contributed by atoms with Crippen LogP contribution >= 0.6 is 0 Å². The maximum Gasteiger partial charge on any atom is 0.299 e. The fraction of sp³-hybridized carbons (Fsp3) is 0.333. The average molecular weight is 373 g/mol. The van der Waals surface area contributed by atoms with E-state index in [1.165, 1.54) is 12.1 Å². The first-order valence-electron chi connectivity index (χ1n) is 8.51. The summed E-state index contributed by atoms with van der Waals surface area (Å²) in [5.74, 6) is 1.46. The van der Waals surface area contributed by atoms with Gasteiger partial charge in [0.05, 0.1) is 22.5 Å². The molecule has 0 saturated carbocycles. The van der Waals surface area contributed by atoms with E-state index in [1.54, 1.807) is 0 Å². The molecular weight excluding hydrogens is 354 g/mol. The van der Waals surface area contributed by atoms with Gasteiger partial charge in [0, 0.05) is 30.2 Å². The fourth-order valence-electron chi connectivity index (χ4n) is 3.03. The Kier molecular flexibility index (Phi) is 5.11. The highest BCUT2D eigenvalue weighted by atomic mass is 16.6. The van der Waals surface area contributed by atoms with E-state index in [9.17, 15) is 20.2 Å². The van der Waals surface area contributed by atoms with E-state index >= 15 is 0 Å². The van der Waals surface area contributed by atoms with Gasteiger partial charge in [0.1, 0.15) is 23.3 Å². The lowest BCUT2D eigenvalue weighted by Gasteiger charge is -2.14. The summed E-state index contributed by atoms with van der Waals surface area (Å²) in [5, 5.41) is 25.1. The van der Waals surface area contributed by atoms with Crippen molar-refractivity contribution in [2.24, 2.45) is 0 Å². The molecule has 0 fully saturated rings. The van der Waals surface area contributed by atoms with Crippen LogP contribution in [-0.4, -0.2) is 22.6 Å². The topological polar surface area (TPSA) is 117 Å². The molecule has 1 heterocycles. The van der Waals surface area contributed by atoms with E-state index in [0.717, 1.165) is 29.4 Å². The number of benzene rings is 2. The minimum atomic E-state index is -0.664. The van der Waals surface area contributed by atoms with E-state index < -0.39 is 9.85 Å². The number of rotatable bonds is 7. The van der Waals surface area contributed by atoms with Gasteiger partial charge in [0.15, 0.2) is 0 Å². The number of hydrogen-bond acceptors (Lipinski definition) is 7. The normalized spacial score (nSPS) is 15.0. The van der Waals surface area contributed by atoms with E-state index in [2.05, 4.69) is 5.32 Å². The second-order valence-electron chi connectivity index (χ2n) is 6.20. The number of hydrogen-bond donors (Lipinski definition) is 1. The Bertz CT molecular complexity index is 899. The van der Waals surface area contributed by atoms with Gasteiger partial charge in [0.25, 0.3) is 11.4 Å². The second kappa shape index (κ2) is 7.48. The van der Waals surface area contributed by atoms with Crippen molar-refractivity contribution < 1.29 is 19.3 Å². The highest BCUT2D eigenvalue weighted by molar-refractivity contribution is 5.65. The van der Waals surface area contributed by atoms with Crippen LogP contribution in [0.4, 0.5) is 17.1 Å². The van der Waals surface area contributed by atoms with E-state index in [1.807, 2.05) is 26.0 Å². The molecule has 1 aliphatic heterocycles. The number of anilines is 1. The quantitative estimate of drug-likeness (QED) is 0.579. The van der Waals surface area contributed by atoms with Gasteiger partial charge in [-0.15, -0.1) is 0 Å². The molecule has 27 heavy (non-hydrogen) atoms. The predicted octanol–water partition coefficient (Wildman–Crippen LogP) is 3.84. The van der Waals surface area contributed by atoms with E-state index in [-0.39, 0.29) is 29.7 Å². The number of non-ortho nitro benzene ring substituents is 1. The molecule has 1 aliphatic rings. The van der Waals surface area contributed by atoms with Gasteiger partial charge < -0.3 is 14.8 Å². The summed E-state index contributed by atoms with van der Waals surface area (Å²) in [6, 6.07) is 7.31. The van der Waals surface area contributed by atoms with Gasteiger partial charge >= 0.3 is 0 Å². The van der Waals surface area contributed by atoms with Gasteiger partial charge in [-0.3, -0.25) is 20.2 Å². The van der Waals surface area contributed by atoms with Crippen LogP contribution in [0.15, 0.2) is 30.3 Å². The van der Waals surface area contributed by atoms with Crippen molar-refractivity contribution in [3.8, 4) is 11.5 Å². The van der Waals surface area contributed by atoms with Gasteiger partial charge in [-0.25, -0.2) is 0 Å². The summed E-state index contributed by atoms with van der Waals surface area (Å²) in [5.41, 5.74) is 1.37. The van der Waals surface area contributed by atoms with Crippen molar-refractivity contribution in [1.29, 1.82) is 0 Å². The molecule has 1 atom stereocenters. The average Bonchev–Trinajstić information content (AvgIpc) is 2.98. The molecule has 3 rings (SSSR count). The van der Waals surface area contributed by atoms with Gasteiger partial charge in [-0.05, 0) is 32.0 Å². The van der Waals surface area contributed by atoms with Crippen LogP contribution in [0.3, 0.4) is 0 Å². The first-order chi connectivity index (χ1) is 12.9. The summed E-state index contributed by atoms with van der Waals surface area (Å²) >= 11 is 0. The third-order valence-electron chi connectivity index (χ3n) is 4.24. The Morgan fingerprint density at radius 1 is 1.22 bits per heavy atom. The summed E-state index contributed by atoms with van der Waals surface area (Å²) in [4.78, 5) is 20.8. The van der Waals surface area contributed by atoms with Crippen LogP contribution in [0.1, 0.15) is 25.0 Å². The SMILES string of the molecule is CCOc1cc2c(cc1CNc1ccc([N+](=O)[O-])cc1[N+](=O)[O-])O[C@@H](C)C2. The Balaban J connectivity index is 1.87. The molecule has 0 amide bonds. The lowest BCUT2D eigenvalue weighted by molar-refractivity contribution is -0.393. The van der Waals surface area contributed by atoms with Crippen LogP contribution in [-0.2, 0) is 13.0 Å². The molecule has 1 N–H and O–H groups in total. The molecule has 0 unspecified atom stereocenters. The number of nitrogens with one attached hydrogen (secondary N) is 1. The third-order valence-corrected chi connectivity index (χ3v) is 4.24. The van der Waals surface area contributed by atoms with Crippen molar-refractivity contribution in [3.63, 3.8) is 0 Å². The number of nitro groups is 2. The molecule has 142 valence electrons. The third kappa shape index (κ3) is 3.91. The number of fused-ring (bicyclic) bond motifs is 1. The number of nitro benzene ring substituents is 2. The fourth-order valence-corrected chi connectivity index (χ4v) is 3.03. The molecule has 9 nitrogen and oxygen atoms in total. The van der Waals surface area contributed by atoms with Crippen LogP contribution in [0.2, 0.25) is 0 Å². The standard InChI is InChI=1S/C18H19N3O6/c1-3-26-17-7-12-6-11(2)27-18(12)8-13(17)10-19-15-5-4-14(20(22)23)9-16(15)21(24)25/h4-5,7-9,11,19H,3,6,10H2,1-2H3/t11-/m0/s1. The zero-order valence-electron chi connectivity index (χ0n) is 14.9. The highest BCUT2D eigenvalue weighted by Crippen LogP contribution is 2.36. The maximum absolute atomic E-state index is 11.3. The van der Waals surface area contributed by atoms with Crippen LogP contribution in [0.25, 0.3) is 0 Å². The molecule has 0 radical (unpaired) electrons. The smallest absolute Gasteiger partial charge is 0.299 e. The zero-order valence-corrected chi connectivity index (χ0v) is 14.9. The van der Waals surface area contributed by atoms with Gasteiger partial charge in [0.2, 0.25) is 0 Å². The van der Waals surface area contributed by atoms with Gasteiger partial charge in [-0.2, -0.15) is 0 Å². The Morgan fingerprint density at radius 2 is 2.00 bits per heavy atom. The lowest BCUT2D eigenvalue weighted by atomic mass is 10.1. The summed E-state index contributed by atoms with van der Waals surface area (Å²) < 4.78 is 11.5. The van der Waals surface area contributed by atoms with Crippen molar-refractivity contribution in [3.05, 3.63) is 61.7 Å². The van der Waals surface area contributed by atoms with Gasteiger partial charge in [-0.1, -0.05) is 0 Å².